The first kappa shape index (κ1) is 6.33. The molecule has 0 aliphatic carbocycles. The van der Waals surface area contributed by atoms with Gasteiger partial charge in [0, 0.05) is 0 Å². The van der Waals surface area contributed by atoms with Crippen LogP contribution >= 0.6 is 16.9 Å². The summed E-state index contributed by atoms with van der Waals surface area (Å²) in [6.45, 7) is 0. The Morgan fingerprint density at radius 1 is 1.50 bits per heavy atom. The van der Waals surface area contributed by atoms with Crippen molar-refractivity contribution in [3.05, 3.63) is 0 Å². The summed E-state index contributed by atoms with van der Waals surface area (Å²) in [5.74, 6) is 0. The van der Waals surface area contributed by atoms with Crippen molar-refractivity contribution in [2.24, 2.45) is 0 Å². The van der Waals surface area contributed by atoms with Crippen LogP contribution in [0.4, 0.5) is 0 Å². The van der Waals surface area contributed by atoms with Crippen molar-refractivity contribution in [3.63, 3.8) is 0 Å². The van der Waals surface area contributed by atoms with E-state index in [1.807, 2.05) is 0 Å². The number of hydrogen-bond acceptors (Lipinski definition) is 2. The summed E-state index contributed by atoms with van der Waals surface area (Å²) in [5, 5.41) is 0. The van der Waals surface area contributed by atoms with Crippen LogP contribution in [-0.4, -0.2) is 12.3 Å². The molecule has 0 spiro atoms. The summed E-state index contributed by atoms with van der Waals surface area (Å²) in [4.78, 5) is 0. The molecule has 0 heterocycles. The van der Waals surface area contributed by atoms with E-state index < -0.39 is 7.68 Å². The average Bonchev–Trinajstić information content (AvgIpc) is 1.35. The van der Waals surface area contributed by atoms with Gasteiger partial charge in [-0.25, -0.2) is 0 Å². The average molecular weight is 126 g/mol. The van der Waals surface area contributed by atoms with Gasteiger partial charge in [-0.05, 0) is 0 Å². The molecular weight excluding hydrogens is 118 g/mol. The molecule has 0 aromatic rings. The molecule has 0 fully saturated rings. The molecule has 0 aliphatic rings. The molecule has 0 unspecified atom stereocenters. The summed E-state index contributed by atoms with van der Waals surface area (Å²) in [7, 11) is -1.06. The normalized spacial score (nSPS) is 8.33. The molecule has 0 aromatic carbocycles. The molecule has 0 saturated heterocycles. The number of rotatable bonds is 2. The van der Waals surface area contributed by atoms with E-state index in [4.69, 9.17) is 0 Å². The molecule has 0 amide bonds. The second kappa shape index (κ2) is 3.52. The van der Waals surface area contributed by atoms with Gasteiger partial charge in [-0.15, -0.1) is 0 Å². The van der Waals surface area contributed by atoms with Crippen LogP contribution in [0, 0.1) is 0 Å². The molecule has 0 N–H and O–H groups in total. The third-order valence-electron chi connectivity index (χ3n) is 0.406. The van der Waals surface area contributed by atoms with Gasteiger partial charge in [0.15, 0.2) is 0 Å². The first-order valence-corrected chi connectivity index (χ1v) is 4.67. The minimum atomic E-state index is -2.07. The van der Waals surface area contributed by atoms with E-state index in [-0.39, 0.29) is 0 Å². The van der Waals surface area contributed by atoms with Gasteiger partial charge in [0.05, 0.1) is 0 Å². The van der Waals surface area contributed by atoms with Gasteiger partial charge in [-0.1, -0.05) is 0 Å². The van der Waals surface area contributed by atoms with Gasteiger partial charge in [-0.3, -0.25) is 0 Å². The maximum atomic E-state index is 9.66. The van der Waals surface area contributed by atoms with Gasteiger partial charge in [0.25, 0.3) is 0 Å². The third kappa shape index (κ3) is 4.33. The fourth-order valence-corrected chi connectivity index (χ4v) is 1.64. The van der Waals surface area contributed by atoms with Crippen LogP contribution in [-0.2, 0) is 9.13 Å². The molecule has 2 nitrogen and oxygen atoms in total. The van der Waals surface area contributed by atoms with E-state index in [1.54, 1.807) is 0 Å². The Balaban J connectivity index is 3.07. The second-order valence-electron chi connectivity index (χ2n) is 1.06. The predicted molar refractivity (Wildman–Crippen MR) is 30.5 cm³/mol. The van der Waals surface area contributed by atoms with E-state index in [0.717, 1.165) is 15.4 Å². The quantitative estimate of drug-likeness (QED) is 0.505. The molecule has 38 valence electrons. The molecule has 0 bridgehead atoms. The van der Waals surface area contributed by atoms with Gasteiger partial charge < -0.3 is 0 Å². The van der Waals surface area contributed by atoms with Crippen LogP contribution in [0.25, 0.3) is 0 Å². The topological polar surface area (TPSA) is 34.1 Å². The summed E-state index contributed by atoms with van der Waals surface area (Å²) < 4.78 is 19.3. The van der Waals surface area contributed by atoms with Crippen molar-refractivity contribution in [1.29, 1.82) is 0 Å². The summed E-state index contributed by atoms with van der Waals surface area (Å²) >= 11 is 0. The van der Waals surface area contributed by atoms with Crippen molar-refractivity contribution in [2.75, 3.05) is 12.3 Å². The van der Waals surface area contributed by atoms with Crippen molar-refractivity contribution in [2.45, 2.75) is 0 Å². The maximum absolute atomic E-state index is 9.66. The summed E-state index contributed by atoms with van der Waals surface area (Å²) in [5.41, 5.74) is 0. The first-order chi connectivity index (χ1) is 2.77. The van der Waals surface area contributed by atoms with Crippen LogP contribution in [0.5, 0.6) is 0 Å². The van der Waals surface area contributed by atoms with Crippen molar-refractivity contribution < 1.29 is 9.13 Å². The van der Waals surface area contributed by atoms with Gasteiger partial charge >= 0.3 is 38.4 Å². The molecule has 0 aromatic heterocycles. The van der Waals surface area contributed by atoms with Crippen molar-refractivity contribution in [3.8, 4) is 0 Å². The molecule has 6 heavy (non-hydrogen) atoms. The molecule has 0 saturated carbocycles. The molecule has 4 heteroatoms. The minimum absolute atomic E-state index is 0.390. The van der Waals surface area contributed by atoms with E-state index in [2.05, 4.69) is 0 Å². The Labute approximate surface area is 39.3 Å². The Morgan fingerprint density at radius 3 is 2.00 bits per heavy atom. The zero-order valence-corrected chi connectivity index (χ0v) is 6.57. The molecule has 0 atom stereocenters. The zero-order chi connectivity index (χ0) is 4.99. The third-order valence-corrected chi connectivity index (χ3v) is 2.56. The van der Waals surface area contributed by atoms with E-state index in [1.165, 1.54) is 0 Å². The van der Waals surface area contributed by atoms with Crippen LogP contribution in [0.15, 0.2) is 0 Å². The van der Waals surface area contributed by atoms with Gasteiger partial charge in [-0.2, -0.15) is 0 Å². The van der Waals surface area contributed by atoms with Gasteiger partial charge in [0.1, 0.15) is 0 Å². The van der Waals surface area contributed by atoms with Crippen molar-refractivity contribution >= 4 is 16.9 Å². The Bertz CT molecular complexity index is 77.5. The Hall–Kier alpha value is 0.330. The first-order valence-electron chi connectivity index (χ1n) is 1.89. The monoisotopic (exact) mass is 126 g/mol. The zero-order valence-electron chi connectivity index (χ0n) is 3.68. The SMILES string of the molecule is O=P(=O)CC[PH4]. The summed E-state index contributed by atoms with van der Waals surface area (Å²) in [6, 6.07) is 0. The summed E-state index contributed by atoms with van der Waals surface area (Å²) in [6.07, 6.45) is 1.26. The predicted octanol–water partition coefficient (Wildman–Crippen LogP) is 0.499. The van der Waals surface area contributed by atoms with E-state index in [0.29, 0.717) is 6.16 Å². The van der Waals surface area contributed by atoms with Crippen LogP contribution in [0.3, 0.4) is 0 Å². The second-order valence-corrected chi connectivity index (χ2v) is 3.17. The van der Waals surface area contributed by atoms with Gasteiger partial charge in [0.2, 0.25) is 0 Å². The van der Waals surface area contributed by atoms with Crippen LogP contribution in [0.2, 0.25) is 0 Å². The molecule has 0 radical (unpaired) electrons. The molecule has 0 aliphatic heterocycles. The molecule has 0 rings (SSSR count). The van der Waals surface area contributed by atoms with E-state index in [9.17, 15) is 9.13 Å². The standard InChI is InChI=1S/C2H8O2P2/c3-6(4)2-1-5/h1-2H2,5H4. The fourth-order valence-electron chi connectivity index (χ4n) is 0.183. The Morgan fingerprint density at radius 2 is 2.00 bits per heavy atom. The Kier molecular flexibility index (Phi) is 3.71. The van der Waals surface area contributed by atoms with Crippen molar-refractivity contribution in [1.82, 2.24) is 0 Å². The van der Waals surface area contributed by atoms with E-state index >= 15 is 0 Å². The van der Waals surface area contributed by atoms with Crippen LogP contribution < -0.4 is 0 Å². The van der Waals surface area contributed by atoms with Crippen LogP contribution in [0.1, 0.15) is 0 Å². The molecular formula is C2H8O2P2. The fraction of sp³-hybridized carbons (Fsp3) is 1.00. The number of hydrogen-bond donors (Lipinski definition) is 0.